The monoisotopic (exact) mass is 458 g/mol. The number of benzene rings is 2. The molecule has 0 amide bonds. The van der Waals surface area contributed by atoms with E-state index in [0.717, 1.165) is 22.3 Å². The second-order valence-electron chi connectivity index (χ2n) is 6.91. The van der Waals surface area contributed by atoms with Gasteiger partial charge in [0.1, 0.15) is 5.75 Å². The van der Waals surface area contributed by atoms with Crippen molar-refractivity contribution in [2.75, 3.05) is 21.0 Å². The summed E-state index contributed by atoms with van der Waals surface area (Å²) in [6.07, 6.45) is 2.32. The van der Waals surface area contributed by atoms with Gasteiger partial charge in [0.15, 0.2) is 24.1 Å². The van der Waals surface area contributed by atoms with Crippen LogP contribution in [0.3, 0.4) is 0 Å². The number of allylic oxidation sites excluding steroid dienone is 1. The van der Waals surface area contributed by atoms with Gasteiger partial charge in [-0.1, -0.05) is 0 Å². The molecule has 0 spiro atoms. The first kappa shape index (κ1) is 25.6. The number of ketones is 1. The van der Waals surface area contributed by atoms with Crippen LogP contribution in [-0.4, -0.2) is 66.1 Å². The SMILES string of the molecule is COc1cc2c(cc1OC)C(=O)/C(=C/c1cc(C)c(OCOP(=O)(O)O)c(C)c1)C2.[NaH]. The molecule has 31 heavy (non-hydrogen) atoms. The molecule has 0 saturated carbocycles. The summed E-state index contributed by atoms with van der Waals surface area (Å²) in [6, 6.07) is 7.20. The van der Waals surface area contributed by atoms with Gasteiger partial charge in [0.25, 0.3) is 0 Å². The van der Waals surface area contributed by atoms with Crippen LogP contribution in [0.1, 0.15) is 32.6 Å². The number of Topliss-reactive ketones (excluding diaryl/α,β-unsaturated/α-hetero) is 1. The van der Waals surface area contributed by atoms with E-state index in [1.807, 2.05) is 38.1 Å². The summed E-state index contributed by atoms with van der Waals surface area (Å²) >= 11 is 0. The number of methoxy groups -OCH3 is 2. The molecule has 2 N–H and O–H groups in total. The van der Waals surface area contributed by atoms with Crippen LogP contribution in [0.15, 0.2) is 29.8 Å². The van der Waals surface area contributed by atoms with Crippen LogP contribution in [0.25, 0.3) is 6.08 Å². The normalized spacial score (nSPS) is 14.3. The first-order valence-electron chi connectivity index (χ1n) is 9.07. The number of rotatable bonds is 7. The molecule has 162 valence electrons. The van der Waals surface area contributed by atoms with Crippen LogP contribution in [-0.2, 0) is 15.5 Å². The van der Waals surface area contributed by atoms with Crippen molar-refractivity contribution in [3.05, 3.63) is 57.7 Å². The molecule has 2 aromatic carbocycles. The fourth-order valence-electron chi connectivity index (χ4n) is 3.50. The molecule has 0 heterocycles. The zero-order chi connectivity index (χ0) is 22.1. The predicted molar refractivity (Wildman–Crippen MR) is 117 cm³/mol. The molecule has 1 aliphatic rings. The molecule has 0 aliphatic heterocycles. The van der Waals surface area contributed by atoms with E-state index in [-0.39, 0.29) is 35.3 Å². The van der Waals surface area contributed by atoms with Gasteiger partial charge in [0.2, 0.25) is 0 Å². The van der Waals surface area contributed by atoms with Gasteiger partial charge in [0, 0.05) is 17.6 Å². The van der Waals surface area contributed by atoms with E-state index in [9.17, 15) is 9.36 Å². The summed E-state index contributed by atoms with van der Waals surface area (Å²) in [4.78, 5) is 30.4. The zero-order valence-corrected chi connectivity index (χ0v) is 18.0. The first-order valence-corrected chi connectivity index (χ1v) is 10.6. The van der Waals surface area contributed by atoms with E-state index < -0.39 is 14.6 Å². The molecule has 1 aliphatic carbocycles. The topological polar surface area (TPSA) is 112 Å². The molecule has 2 aromatic rings. The Morgan fingerprint density at radius 1 is 1.03 bits per heavy atom. The Kier molecular flexibility index (Phi) is 8.53. The molecular formula is C21H24NaO8P. The van der Waals surface area contributed by atoms with E-state index in [4.69, 9.17) is 24.0 Å². The second-order valence-corrected chi connectivity index (χ2v) is 8.14. The molecule has 8 nitrogen and oxygen atoms in total. The van der Waals surface area contributed by atoms with E-state index in [0.29, 0.717) is 34.8 Å². The van der Waals surface area contributed by atoms with Crippen LogP contribution in [0, 0.1) is 13.8 Å². The molecule has 3 rings (SSSR count). The van der Waals surface area contributed by atoms with Crippen LogP contribution < -0.4 is 14.2 Å². The number of hydrogen-bond donors (Lipinski definition) is 2. The summed E-state index contributed by atoms with van der Waals surface area (Å²) in [5.41, 5.74) is 4.46. The summed E-state index contributed by atoms with van der Waals surface area (Å²) in [7, 11) is -1.52. The van der Waals surface area contributed by atoms with E-state index in [2.05, 4.69) is 4.52 Å². The second kappa shape index (κ2) is 10.3. The van der Waals surface area contributed by atoms with Gasteiger partial charge in [-0.2, -0.15) is 0 Å². The van der Waals surface area contributed by atoms with Gasteiger partial charge in [-0.25, -0.2) is 9.09 Å². The van der Waals surface area contributed by atoms with E-state index in [1.54, 1.807) is 13.2 Å². The molecule has 10 heteroatoms. The minimum atomic E-state index is -4.60. The molecular weight excluding hydrogens is 434 g/mol. The van der Waals surface area contributed by atoms with Crippen molar-refractivity contribution in [1.82, 2.24) is 0 Å². The zero-order valence-electron chi connectivity index (χ0n) is 17.1. The number of aryl methyl sites for hydroxylation is 2. The average Bonchev–Trinajstić information content (AvgIpc) is 2.96. The van der Waals surface area contributed by atoms with Crippen molar-refractivity contribution in [2.45, 2.75) is 20.3 Å². The third kappa shape index (κ3) is 5.99. The number of fused-ring (bicyclic) bond motifs is 1. The van der Waals surface area contributed by atoms with Gasteiger partial charge in [0.05, 0.1) is 14.2 Å². The number of hydrogen-bond acceptors (Lipinski definition) is 6. The van der Waals surface area contributed by atoms with Gasteiger partial charge in [-0.15, -0.1) is 0 Å². The molecule has 0 radical (unpaired) electrons. The molecule has 0 unspecified atom stereocenters. The van der Waals surface area contributed by atoms with Crippen molar-refractivity contribution in [1.29, 1.82) is 0 Å². The molecule has 0 fully saturated rings. The Morgan fingerprint density at radius 2 is 1.61 bits per heavy atom. The summed E-state index contributed by atoms with van der Waals surface area (Å²) < 4.78 is 31.1. The maximum absolute atomic E-state index is 12.9. The van der Waals surface area contributed by atoms with Crippen molar-refractivity contribution < 1.29 is 37.9 Å². The fraction of sp³-hybridized carbons (Fsp3) is 0.286. The van der Waals surface area contributed by atoms with Crippen LogP contribution in [0.5, 0.6) is 17.2 Å². The third-order valence-corrected chi connectivity index (χ3v) is 5.22. The predicted octanol–water partition coefficient (Wildman–Crippen LogP) is 2.94. The van der Waals surface area contributed by atoms with Crippen LogP contribution >= 0.6 is 7.82 Å². The van der Waals surface area contributed by atoms with Crippen molar-refractivity contribution in [2.24, 2.45) is 0 Å². The third-order valence-electron chi connectivity index (χ3n) is 4.77. The Balaban J connectivity index is 0.00000341. The summed E-state index contributed by atoms with van der Waals surface area (Å²) in [5, 5.41) is 0. The maximum atomic E-state index is 12.9. The van der Waals surface area contributed by atoms with Crippen molar-refractivity contribution in [3.8, 4) is 17.2 Å². The number of phosphoric ester groups is 1. The minimum absolute atomic E-state index is 0. The van der Waals surface area contributed by atoms with Gasteiger partial charge < -0.3 is 24.0 Å². The molecule has 0 atom stereocenters. The van der Waals surface area contributed by atoms with Crippen molar-refractivity contribution >= 4 is 49.2 Å². The Bertz CT molecular complexity index is 1050. The molecule has 0 bridgehead atoms. The standard InChI is InChI=1S/C21H23O8P.Na.H/c1-12-5-14(6-13(2)21(12)28-11-29-30(23,24)25)7-16-8-15-9-18(26-3)19(27-4)10-17(15)20(16)22;;/h5-7,9-10H,8,11H2,1-4H3,(H2,23,24,25);;/b16-7+;;. The number of ether oxygens (including phenoxy) is 3. The Labute approximate surface area is 202 Å². The van der Waals surface area contributed by atoms with Crippen LogP contribution in [0.2, 0.25) is 0 Å². The Morgan fingerprint density at radius 3 is 2.16 bits per heavy atom. The van der Waals surface area contributed by atoms with E-state index >= 15 is 0 Å². The quantitative estimate of drug-likeness (QED) is 0.282. The Hall–Kier alpha value is -1.64. The van der Waals surface area contributed by atoms with Crippen LogP contribution in [0.4, 0.5) is 0 Å². The number of carbonyl (C=O) groups excluding carboxylic acids is 1. The summed E-state index contributed by atoms with van der Waals surface area (Å²) in [6.45, 7) is 3.05. The van der Waals surface area contributed by atoms with E-state index in [1.165, 1.54) is 7.11 Å². The van der Waals surface area contributed by atoms with Gasteiger partial charge in [-0.05, 0) is 66.4 Å². The fourth-order valence-corrected chi connectivity index (χ4v) is 3.69. The first-order chi connectivity index (χ1) is 14.1. The van der Waals surface area contributed by atoms with Gasteiger partial charge >= 0.3 is 37.4 Å². The van der Waals surface area contributed by atoms with Gasteiger partial charge in [-0.3, -0.25) is 4.79 Å². The molecule has 0 saturated heterocycles. The number of phosphoric acid groups is 1. The average molecular weight is 458 g/mol. The van der Waals surface area contributed by atoms with Crippen molar-refractivity contribution in [3.63, 3.8) is 0 Å². The number of carbonyl (C=O) groups is 1. The molecule has 0 aromatic heterocycles. The summed E-state index contributed by atoms with van der Waals surface area (Å²) in [5.74, 6) is 1.50.